The molecule has 7 nitrogen and oxygen atoms in total. The molecule has 0 amide bonds. The van der Waals surface area contributed by atoms with Crippen molar-refractivity contribution in [3.05, 3.63) is 32.8 Å². The molecular formula is C12H12BrNO6. The van der Waals surface area contributed by atoms with Crippen LogP contribution in [0.1, 0.15) is 13.3 Å². The Morgan fingerprint density at radius 2 is 2.10 bits per heavy atom. The van der Waals surface area contributed by atoms with Gasteiger partial charge < -0.3 is 9.47 Å². The summed E-state index contributed by atoms with van der Waals surface area (Å²) in [7, 11) is 0. The van der Waals surface area contributed by atoms with E-state index in [1.165, 1.54) is 18.2 Å². The Bertz CT molecular complexity index is 531. The molecule has 0 atom stereocenters. The second kappa shape index (κ2) is 7.59. The average Bonchev–Trinajstić information content (AvgIpc) is 2.37. The summed E-state index contributed by atoms with van der Waals surface area (Å²) in [5.74, 6) is -0.933. The van der Waals surface area contributed by atoms with Gasteiger partial charge in [0.15, 0.2) is 5.78 Å². The molecule has 0 aliphatic carbocycles. The van der Waals surface area contributed by atoms with Crippen LogP contribution in [-0.2, 0) is 14.3 Å². The molecule has 20 heavy (non-hydrogen) atoms. The Kier molecular flexibility index (Phi) is 6.10. The third-order valence-corrected chi connectivity index (χ3v) is 2.97. The van der Waals surface area contributed by atoms with E-state index < -0.39 is 16.7 Å². The second-order valence-corrected chi connectivity index (χ2v) is 4.45. The number of benzene rings is 1. The fraction of sp³-hybridized carbons (Fsp3) is 0.333. The van der Waals surface area contributed by atoms with Crippen LogP contribution in [0, 0.1) is 10.1 Å². The van der Waals surface area contributed by atoms with Gasteiger partial charge in [0.1, 0.15) is 23.2 Å². The molecule has 0 bridgehead atoms. The number of ketones is 1. The molecule has 0 N–H and O–H groups in total. The topological polar surface area (TPSA) is 95.7 Å². The van der Waals surface area contributed by atoms with Crippen molar-refractivity contribution in [1.29, 1.82) is 0 Å². The van der Waals surface area contributed by atoms with Crippen molar-refractivity contribution < 1.29 is 24.0 Å². The number of esters is 1. The Morgan fingerprint density at radius 1 is 1.40 bits per heavy atom. The summed E-state index contributed by atoms with van der Waals surface area (Å²) in [5, 5.41) is 10.7. The lowest BCUT2D eigenvalue weighted by molar-refractivity contribution is -0.385. The van der Waals surface area contributed by atoms with Gasteiger partial charge in [0.05, 0.1) is 11.5 Å². The van der Waals surface area contributed by atoms with Gasteiger partial charge in [-0.2, -0.15) is 0 Å². The third-order valence-electron chi connectivity index (χ3n) is 2.18. The van der Waals surface area contributed by atoms with Crippen LogP contribution in [0.4, 0.5) is 5.69 Å². The smallest absolute Gasteiger partial charge is 0.313 e. The fourth-order valence-electron chi connectivity index (χ4n) is 1.33. The summed E-state index contributed by atoms with van der Waals surface area (Å²) in [5.41, 5.74) is -0.166. The SMILES string of the molecule is CCOC(=O)CC(=O)COc1cccc([N+](=O)[O-])c1Br. The Morgan fingerprint density at radius 3 is 2.70 bits per heavy atom. The Balaban J connectivity index is 2.62. The lowest BCUT2D eigenvalue weighted by Crippen LogP contribution is -2.17. The number of halogens is 1. The lowest BCUT2D eigenvalue weighted by atomic mass is 10.3. The average molecular weight is 346 g/mol. The summed E-state index contributed by atoms with van der Waals surface area (Å²) in [6, 6.07) is 4.22. The number of carbonyl (C=O) groups excluding carboxylic acids is 2. The predicted molar refractivity (Wildman–Crippen MR) is 72.5 cm³/mol. The molecule has 0 fully saturated rings. The van der Waals surface area contributed by atoms with Crippen LogP contribution in [0.15, 0.2) is 22.7 Å². The molecule has 0 saturated heterocycles. The minimum atomic E-state index is -0.626. The summed E-state index contributed by atoms with van der Waals surface area (Å²) >= 11 is 3.04. The number of rotatable bonds is 7. The van der Waals surface area contributed by atoms with Crippen molar-refractivity contribution in [2.45, 2.75) is 13.3 Å². The van der Waals surface area contributed by atoms with Crippen LogP contribution >= 0.6 is 15.9 Å². The maximum Gasteiger partial charge on any atom is 0.313 e. The van der Waals surface area contributed by atoms with E-state index in [9.17, 15) is 19.7 Å². The monoisotopic (exact) mass is 345 g/mol. The standard InChI is InChI=1S/C12H12BrNO6/c1-2-19-11(16)6-8(15)7-20-10-5-3-4-9(12(10)13)14(17)18/h3-5H,2,6-7H2,1H3. The number of Topliss-reactive ketones (excluding diaryl/α,β-unsaturated/α-hetero) is 1. The van der Waals surface area contributed by atoms with Gasteiger partial charge in [-0.3, -0.25) is 19.7 Å². The van der Waals surface area contributed by atoms with Crippen LogP contribution in [0.25, 0.3) is 0 Å². The molecule has 108 valence electrons. The first-order valence-electron chi connectivity index (χ1n) is 5.68. The zero-order valence-corrected chi connectivity index (χ0v) is 12.2. The minimum absolute atomic E-state index is 0.147. The van der Waals surface area contributed by atoms with Crippen LogP contribution in [0.5, 0.6) is 5.75 Å². The fourth-order valence-corrected chi connectivity index (χ4v) is 1.86. The second-order valence-electron chi connectivity index (χ2n) is 3.66. The number of nitrogens with zero attached hydrogens (tertiary/aromatic N) is 1. The number of nitro groups is 1. The molecule has 0 radical (unpaired) electrons. The van der Waals surface area contributed by atoms with Crippen molar-refractivity contribution in [2.75, 3.05) is 13.2 Å². The van der Waals surface area contributed by atoms with E-state index >= 15 is 0 Å². The quantitative estimate of drug-likeness (QED) is 0.325. The molecule has 0 heterocycles. The first-order chi connectivity index (χ1) is 9.45. The van der Waals surface area contributed by atoms with Crippen LogP contribution in [-0.4, -0.2) is 29.9 Å². The molecule has 1 rings (SSSR count). The molecule has 0 aliphatic rings. The summed E-state index contributed by atoms with van der Waals surface area (Å²) in [6.07, 6.45) is -0.389. The maximum atomic E-state index is 11.5. The largest absolute Gasteiger partial charge is 0.484 e. The number of hydrogen-bond acceptors (Lipinski definition) is 6. The van der Waals surface area contributed by atoms with Gasteiger partial charge in [-0.05, 0) is 28.9 Å². The zero-order chi connectivity index (χ0) is 15.1. The molecule has 0 unspecified atom stereocenters. The van der Waals surface area contributed by atoms with E-state index in [1.807, 2.05) is 0 Å². The van der Waals surface area contributed by atoms with Gasteiger partial charge in [-0.25, -0.2) is 0 Å². The zero-order valence-electron chi connectivity index (χ0n) is 10.6. The highest BCUT2D eigenvalue weighted by Crippen LogP contribution is 2.33. The first kappa shape index (κ1) is 16.1. The van der Waals surface area contributed by atoms with Crippen molar-refractivity contribution in [3.8, 4) is 5.75 Å². The van der Waals surface area contributed by atoms with Crippen LogP contribution in [0.2, 0.25) is 0 Å². The minimum Gasteiger partial charge on any atom is -0.484 e. The molecule has 1 aromatic rings. The molecule has 0 aliphatic heterocycles. The third kappa shape index (κ3) is 4.61. The number of carbonyl (C=O) groups is 2. The van der Waals surface area contributed by atoms with Gasteiger partial charge in [0.2, 0.25) is 0 Å². The van der Waals surface area contributed by atoms with Crippen molar-refractivity contribution in [3.63, 3.8) is 0 Å². The summed E-state index contributed by atoms with van der Waals surface area (Å²) in [6.45, 7) is 1.47. The number of hydrogen-bond donors (Lipinski definition) is 0. The van der Waals surface area contributed by atoms with Gasteiger partial charge in [0, 0.05) is 6.07 Å². The highest BCUT2D eigenvalue weighted by atomic mass is 79.9. The van der Waals surface area contributed by atoms with Crippen molar-refractivity contribution >= 4 is 33.4 Å². The van der Waals surface area contributed by atoms with E-state index in [1.54, 1.807) is 6.92 Å². The Labute approximate surface area is 123 Å². The predicted octanol–water partition coefficient (Wildman–Crippen LogP) is 2.26. The van der Waals surface area contributed by atoms with E-state index in [-0.39, 0.29) is 35.5 Å². The highest BCUT2D eigenvalue weighted by molar-refractivity contribution is 9.10. The van der Waals surface area contributed by atoms with E-state index in [0.29, 0.717) is 0 Å². The van der Waals surface area contributed by atoms with E-state index in [0.717, 1.165) is 0 Å². The van der Waals surface area contributed by atoms with Gasteiger partial charge in [-0.15, -0.1) is 0 Å². The number of ether oxygens (including phenoxy) is 2. The number of nitro benzene ring substituents is 1. The first-order valence-corrected chi connectivity index (χ1v) is 6.48. The molecule has 8 heteroatoms. The summed E-state index contributed by atoms with van der Waals surface area (Å²) in [4.78, 5) is 32.7. The van der Waals surface area contributed by atoms with Crippen LogP contribution in [0.3, 0.4) is 0 Å². The van der Waals surface area contributed by atoms with Crippen molar-refractivity contribution in [1.82, 2.24) is 0 Å². The molecule has 0 spiro atoms. The Hall–Kier alpha value is -1.96. The van der Waals surface area contributed by atoms with E-state index in [4.69, 9.17) is 4.74 Å². The molecule has 1 aromatic carbocycles. The molecule has 0 aromatic heterocycles. The van der Waals surface area contributed by atoms with Gasteiger partial charge in [0.25, 0.3) is 5.69 Å². The van der Waals surface area contributed by atoms with Gasteiger partial charge >= 0.3 is 5.97 Å². The summed E-state index contributed by atoms with van der Waals surface area (Å²) < 4.78 is 9.93. The maximum absolute atomic E-state index is 11.5. The normalized spacial score (nSPS) is 9.90. The van der Waals surface area contributed by atoms with Crippen molar-refractivity contribution in [2.24, 2.45) is 0 Å². The van der Waals surface area contributed by atoms with Gasteiger partial charge in [-0.1, -0.05) is 6.07 Å². The molecule has 0 saturated carbocycles. The highest BCUT2D eigenvalue weighted by Gasteiger charge is 2.17. The molecular weight excluding hydrogens is 334 g/mol. The van der Waals surface area contributed by atoms with E-state index in [2.05, 4.69) is 20.7 Å². The lowest BCUT2D eigenvalue weighted by Gasteiger charge is -2.07. The van der Waals surface area contributed by atoms with Crippen LogP contribution < -0.4 is 4.74 Å².